The molecule has 0 radical (unpaired) electrons. The first kappa shape index (κ1) is 11.0. The largest absolute Gasteiger partial charge is 0.480 e. The van der Waals surface area contributed by atoms with Gasteiger partial charge in [-0.3, -0.25) is 14.3 Å². The zero-order valence-electron chi connectivity index (χ0n) is 8.22. The van der Waals surface area contributed by atoms with Crippen molar-refractivity contribution in [1.29, 1.82) is 0 Å². The normalized spacial score (nSPS) is 10.0. The van der Waals surface area contributed by atoms with Crippen molar-refractivity contribution < 1.29 is 9.90 Å². The van der Waals surface area contributed by atoms with Crippen LogP contribution >= 0.6 is 0 Å². The molecular weight excluding hydrogens is 204 g/mol. The van der Waals surface area contributed by atoms with E-state index in [9.17, 15) is 14.4 Å². The van der Waals surface area contributed by atoms with Crippen molar-refractivity contribution in [2.45, 2.75) is 6.54 Å². The van der Waals surface area contributed by atoms with Crippen molar-refractivity contribution in [2.75, 3.05) is 19.0 Å². The second kappa shape index (κ2) is 3.95. The van der Waals surface area contributed by atoms with Crippen LogP contribution < -0.4 is 16.3 Å². The Hall–Kier alpha value is -2.12. The molecule has 1 aromatic rings. The Labute approximate surface area is 83.8 Å². The summed E-state index contributed by atoms with van der Waals surface area (Å²) in [4.78, 5) is 39.4. The standard InChI is InChI=1S/C7H10N4O4/c1-10(2)6-8-5(14)9-7(15)11(6)3-4(12)13/h3H2,1-2H3,(H,12,13)(H,9,14,15). The lowest BCUT2D eigenvalue weighted by atomic mass is 10.6. The van der Waals surface area contributed by atoms with Gasteiger partial charge in [0.1, 0.15) is 6.54 Å². The van der Waals surface area contributed by atoms with E-state index in [2.05, 4.69) is 4.98 Å². The monoisotopic (exact) mass is 214 g/mol. The summed E-state index contributed by atoms with van der Waals surface area (Å²) in [6.07, 6.45) is 0. The number of nitrogens with zero attached hydrogens (tertiary/aromatic N) is 3. The zero-order chi connectivity index (χ0) is 11.6. The second-order valence-electron chi connectivity index (χ2n) is 3.02. The second-order valence-corrected chi connectivity index (χ2v) is 3.02. The number of hydrogen-bond acceptors (Lipinski definition) is 5. The predicted molar refractivity (Wildman–Crippen MR) is 51.1 cm³/mol. The molecule has 0 aromatic carbocycles. The van der Waals surface area contributed by atoms with E-state index in [0.29, 0.717) is 0 Å². The molecule has 0 spiro atoms. The Balaban J connectivity index is 3.40. The van der Waals surface area contributed by atoms with Gasteiger partial charge in [-0.15, -0.1) is 0 Å². The van der Waals surface area contributed by atoms with Crippen molar-refractivity contribution >= 4 is 11.9 Å². The van der Waals surface area contributed by atoms with E-state index >= 15 is 0 Å². The fourth-order valence-electron chi connectivity index (χ4n) is 1.05. The van der Waals surface area contributed by atoms with Crippen molar-refractivity contribution in [3.05, 3.63) is 21.0 Å². The Bertz CT molecular complexity index is 486. The summed E-state index contributed by atoms with van der Waals surface area (Å²) in [6.45, 7) is -0.546. The summed E-state index contributed by atoms with van der Waals surface area (Å²) in [6, 6.07) is 0. The van der Waals surface area contributed by atoms with E-state index in [0.717, 1.165) is 4.57 Å². The molecule has 82 valence electrons. The SMILES string of the molecule is CN(C)c1nc(=O)[nH]c(=O)n1CC(=O)O. The minimum absolute atomic E-state index is 0.00569. The number of carboxylic acids is 1. The molecule has 15 heavy (non-hydrogen) atoms. The molecule has 0 bridgehead atoms. The van der Waals surface area contributed by atoms with Gasteiger partial charge in [-0.2, -0.15) is 4.98 Å². The minimum Gasteiger partial charge on any atom is -0.480 e. The van der Waals surface area contributed by atoms with Crippen molar-refractivity contribution in [3.63, 3.8) is 0 Å². The highest BCUT2D eigenvalue weighted by atomic mass is 16.4. The summed E-state index contributed by atoms with van der Waals surface area (Å²) in [5, 5.41) is 8.57. The predicted octanol–water partition coefficient (Wildman–Crippen LogP) is -1.92. The Morgan fingerprint density at radius 1 is 1.53 bits per heavy atom. The average molecular weight is 214 g/mol. The summed E-state index contributed by atoms with van der Waals surface area (Å²) >= 11 is 0. The summed E-state index contributed by atoms with van der Waals surface area (Å²) in [5.74, 6) is -1.18. The van der Waals surface area contributed by atoms with Crippen LogP contribution in [0, 0.1) is 0 Å². The fourth-order valence-corrected chi connectivity index (χ4v) is 1.05. The number of carboxylic acid groups (broad SMARTS) is 1. The van der Waals surface area contributed by atoms with Crippen LogP contribution in [0.4, 0.5) is 5.95 Å². The first-order chi connectivity index (χ1) is 6.91. The average Bonchev–Trinajstić information content (AvgIpc) is 2.08. The van der Waals surface area contributed by atoms with Gasteiger partial charge in [0.15, 0.2) is 0 Å². The van der Waals surface area contributed by atoms with Gasteiger partial charge in [-0.1, -0.05) is 0 Å². The maximum absolute atomic E-state index is 11.3. The van der Waals surface area contributed by atoms with E-state index in [1.54, 1.807) is 14.1 Å². The van der Waals surface area contributed by atoms with Crippen LogP contribution in [-0.4, -0.2) is 39.7 Å². The Morgan fingerprint density at radius 3 is 2.60 bits per heavy atom. The zero-order valence-corrected chi connectivity index (χ0v) is 8.22. The molecule has 0 saturated heterocycles. The highest BCUT2D eigenvalue weighted by Crippen LogP contribution is 1.99. The quantitative estimate of drug-likeness (QED) is 0.607. The lowest BCUT2D eigenvalue weighted by molar-refractivity contribution is -0.137. The van der Waals surface area contributed by atoms with Crippen LogP contribution in [0.2, 0.25) is 0 Å². The highest BCUT2D eigenvalue weighted by molar-refractivity contribution is 5.67. The van der Waals surface area contributed by atoms with Crippen LogP contribution in [0.5, 0.6) is 0 Å². The van der Waals surface area contributed by atoms with Gasteiger partial charge >= 0.3 is 17.3 Å². The summed E-state index contributed by atoms with van der Waals surface area (Å²) in [7, 11) is 3.11. The van der Waals surface area contributed by atoms with Crippen LogP contribution in [0.1, 0.15) is 0 Å². The van der Waals surface area contributed by atoms with Gasteiger partial charge in [0.25, 0.3) is 0 Å². The molecule has 0 aliphatic heterocycles. The molecule has 0 unspecified atom stereocenters. The molecule has 2 N–H and O–H groups in total. The van der Waals surface area contributed by atoms with Gasteiger partial charge in [0, 0.05) is 14.1 Å². The van der Waals surface area contributed by atoms with Crippen LogP contribution in [0.3, 0.4) is 0 Å². The van der Waals surface area contributed by atoms with Crippen LogP contribution in [0.15, 0.2) is 9.59 Å². The van der Waals surface area contributed by atoms with Crippen LogP contribution in [-0.2, 0) is 11.3 Å². The molecule has 1 aromatic heterocycles. The number of aromatic nitrogens is 3. The molecule has 8 nitrogen and oxygen atoms in total. The number of anilines is 1. The maximum Gasteiger partial charge on any atom is 0.352 e. The molecule has 0 amide bonds. The highest BCUT2D eigenvalue weighted by Gasteiger charge is 2.11. The number of nitrogens with one attached hydrogen (secondary N) is 1. The van der Waals surface area contributed by atoms with Gasteiger partial charge in [0.2, 0.25) is 5.95 Å². The molecule has 1 rings (SSSR count). The smallest absolute Gasteiger partial charge is 0.352 e. The van der Waals surface area contributed by atoms with E-state index in [4.69, 9.17) is 5.11 Å². The number of aliphatic carboxylic acids is 1. The minimum atomic E-state index is -1.19. The molecule has 0 fully saturated rings. The van der Waals surface area contributed by atoms with Crippen molar-refractivity contribution in [2.24, 2.45) is 0 Å². The number of rotatable bonds is 3. The van der Waals surface area contributed by atoms with E-state index in [-0.39, 0.29) is 5.95 Å². The summed E-state index contributed by atoms with van der Waals surface area (Å²) in [5.41, 5.74) is -1.59. The summed E-state index contributed by atoms with van der Waals surface area (Å²) < 4.78 is 0.865. The van der Waals surface area contributed by atoms with E-state index < -0.39 is 23.9 Å². The number of H-pyrrole nitrogens is 1. The third-order valence-corrected chi connectivity index (χ3v) is 1.60. The third kappa shape index (κ3) is 2.42. The molecule has 0 atom stereocenters. The third-order valence-electron chi connectivity index (χ3n) is 1.60. The lowest BCUT2D eigenvalue weighted by Gasteiger charge is -2.14. The number of carbonyl (C=O) groups is 1. The maximum atomic E-state index is 11.3. The van der Waals surface area contributed by atoms with E-state index in [1.165, 1.54) is 4.90 Å². The van der Waals surface area contributed by atoms with Crippen molar-refractivity contribution in [1.82, 2.24) is 14.5 Å². The molecular formula is C7H10N4O4. The molecule has 0 aliphatic rings. The topological polar surface area (TPSA) is 108 Å². The molecule has 0 aliphatic carbocycles. The van der Waals surface area contributed by atoms with Gasteiger partial charge in [-0.25, -0.2) is 9.59 Å². The first-order valence-electron chi connectivity index (χ1n) is 4.02. The first-order valence-corrected chi connectivity index (χ1v) is 4.02. The lowest BCUT2D eigenvalue weighted by Crippen LogP contribution is -2.37. The van der Waals surface area contributed by atoms with Crippen LogP contribution in [0.25, 0.3) is 0 Å². The van der Waals surface area contributed by atoms with Gasteiger partial charge < -0.3 is 10.0 Å². The number of hydrogen-bond donors (Lipinski definition) is 2. The van der Waals surface area contributed by atoms with Crippen molar-refractivity contribution in [3.8, 4) is 0 Å². The molecule has 8 heteroatoms. The Kier molecular flexibility index (Phi) is 2.88. The van der Waals surface area contributed by atoms with Gasteiger partial charge in [-0.05, 0) is 0 Å². The van der Waals surface area contributed by atoms with Gasteiger partial charge in [0.05, 0.1) is 0 Å². The van der Waals surface area contributed by atoms with E-state index in [1.807, 2.05) is 4.98 Å². The fraction of sp³-hybridized carbons (Fsp3) is 0.429. The molecule has 1 heterocycles. The number of aromatic amines is 1. The Morgan fingerprint density at radius 2 is 2.13 bits per heavy atom. The molecule has 0 saturated carbocycles.